The summed E-state index contributed by atoms with van der Waals surface area (Å²) in [6, 6.07) is 16.8. The molecule has 1 atom stereocenters. The molecular weight excluding hydrogens is 461 g/mol. The van der Waals surface area contributed by atoms with Crippen molar-refractivity contribution in [1.29, 1.82) is 0 Å². The van der Waals surface area contributed by atoms with Gasteiger partial charge in [-0.05, 0) is 47.8 Å². The van der Waals surface area contributed by atoms with Crippen molar-refractivity contribution in [2.45, 2.75) is 6.54 Å². The minimum absolute atomic E-state index is 0.00403. The molecule has 1 amide bonds. The van der Waals surface area contributed by atoms with Crippen molar-refractivity contribution in [2.75, 3.05) is 7.11 Å². The summed E-state index contributed by atoms with van der Waals surface area (Å²) in [4.78, 5) is 38.9. The number of carbonyl (C=O) groups excluding carboxylic acids is 2. The Labute approximate surface area is 195 Å². The Hall–Kier alpha value is -3.90. The first-order valence-electron chi connectivity index (χ1n) is 10.2. The fraction of sp³-hybridized carbons (Fsp3) is 0.0800. The van der Waals surface area contributed by atoms with Gasteiger partial charge in [-0.1, -0.05) is 24.3 Å². The number of rotatable bonds is 5. The molecule has 0 aliphatic heterocycles. The number of hydrogen-bond acceptors (Lipinski definition) is 4. The fourth-order valence-corrected chi connectivity index (χ4v) is 3.93. The maximum absolute atomic E-state index is 13.6. The number of nitrogens with one attached hydrogen (secondary N) is 1. The van der Waals surface area contributed by atoms with Crippen LogP contribution in [-0.4, -0.2) is 23.6 Å². The van der Waals surface area contributed by atoms with Gasteiger partial charge in [-0.3, -0.25) is 9.59 Å². The number of pyridine rings is 1. The topological polar surface area (TPSA) is 77.4 Å². The zero-order chi connectivity index (χ0) is 24.4. The quantitative estimate of drug-likeness (QED) is 0.351. The van der Waals surface area contributed by atoms with E-state index in [-0.39, 0.29) is 23.4 Å². The van der Waals surface area contributed by atoms with Crippen LogP contribution >= 0.6 is 9.24 Å². The highest BCUT2D eigenvalue weighted by Gasteiger charge is 2.25. The number of esters is 1. The lowest BCUT2D eigenvalue weighted by molar-refractivity contribution is 0.0589. The Morgan fingerprint density at radius 3 is 2.41 bits per heavy atom. The van der Waals surface area contributed by atoms with Gasteiger partial charge in [0, 0.05) is 23.2 Å². The number of para-hydroxylation sites is 1. The summed E-state index contributed by atoms with van der Waals surface area (Å²) in [7, 11) is 3.75. The van der Waals surface area contributed by atoms with E-state index < -0.39 is 28.9 Å². The molecule has 0 saturated carbocycles. The van der Waals surface area contributed by atoms with Gasteiger partial charge >= 0.3 is 5.97 Å². The number of benzene rings is 3. The summed E-state index contributed by atoms with van der Waals surface area (Å²) >= 11 is 0. The van der Waals surface area contributed by atoms with Crippen LogP contribution in [0, 0.1) is 11.6 Å². The smallest absolute Gasteiger partial charge is 0.355 e. The number of fused-ring (bicyclic) bond motifs is 1. The second kappa shape index (κ2) is 9.53. The van der Waals surface area contributed by atoms with Gasteiger partial charge in [-0.2, -0.15) is 0 Å². The third kappa shape index (κ3) is 4.32. The molecule has 0 aliphatic carbocycles. The van der Waals surface area contributed by atoms with Gasteiger partial charge in [-0.25, -0.2) is 13.6 Å². The highest BCUT2D eigenvalue weighted by atomic mass is 31.0. The molecular formula is C25H19F2N2O4P. The summed E-state index contributed by atoms with van der Waals surface area (Å²) in [5.74, 6) is -3.76. The highest BCUT2D eigenvalue weighted by molar-refractivity contribution is 7.27. The summed E-state index contributed by atoms with van der Waals surface area (Å²) in [5.41, 5.74) is 0.452. The molecule has 1 unspecified atom stereocenters. The largest absolute Gasteiger partial charge is 0.464 e. The molecule has 0 fully saturated rings. The van der Waals surface area contributed by atoms with Gasteiger partial charge in [0.05, 0.1) is 18.2 Å². The van der Waals surface area contributed by atoms with Crippen LogP contribution < -0.4 is 16.1 Å². The monoisotopic (exact) mass is 480 g/mol. The predicted octanol–water partition coefficient (Wildman–Crippen LogP) is 3.49. The molecule has 1 aromatic heterocycles. The second-order valence-electron chi connectivity index (χ2n) is 7.41. The molecule has 0 aliphatic rings. The molecule has 4 aromatic rings. The standard InChI is InChI=1S/C25H19F2N2O4P/c1-33-25(32)22-18(13-28-24(31)14-7-10-19(26)20(27)11-14)23(30)17-9-8-16(34)12-21(17)29(22)15-5-3-2-4-6-15/h2-12H,13,34H2,1H3,(H,28,31). The molecule has 0 spiro atoms. The van der Waals surface area contributed by atoms with E-state index in [9.17, 15) is 23.2 Å². The number of halogens is 2. The average molecular weight is 480 g/mol. The molecule has 0 radical (unpaired) electrons. The first-order valence-corrected chi connectivity index (χ1v) is 10.7. The van der Waals surface area contributed by atoms with Crippen molar-refractivity contribution in [1.82, 2.24) is 9.88 Å². The lowest BCUT2D eigenvalue weighted by atomic mass is 10.1. The number of methoxy groups -OCH3 is 1. The number of hydrogen-bond donors (Lipinski definition) is 1. The number of aromatic nitrogens is 1. The lowest BCUT2D eigenvalue weighted by Gasteiger charge is -2.20. The van der Waals surface area contributed by atoms with Crippen LogP contribution in [0.3, 0.4) is 0 Å². The van der Waals surface area contributed by atoms with Crippen LogP contribution in [0.5, 0.6) is 0 Å². The summed E-state index contributed by atoms with van der Waals surface area (Å²) in [6.45, 7) is -0.341. The van der Waals surface area contributed by atoms with Crippen LogP contribution in [0.1, 0.15) is 26.4 Å². The number of amides is 1. The van der Waals surface area contributed by atoms with Gasteiger partial charge in [0.15, 0.2) is 17.1 Å². The fourth-order valence-electron chi connectivity index (χ4n) is 3.68. The highest BCUT2D eigenvalue weighted by Crippen LogP contribution is 2.23. The Kier molecular flexibility index (Phi) is 6.52. The van der Waals surface area contributed by atoms with Crippen LogP contribution in [-0.2, 0) is 11.3 Å². The van der Waals surface area contributed by atoms with E-state index >= 15 is 0 Å². The maximum Gasteiger partial charge on any atom is 0.355 e. The van der Waals surface area contributed by atoms with E-state index in [1.807, 2.05) is 6.07 Å². The van der Waals surface area contributed by atoms with Crippen molar-refractivity contribution in [3.63, 3.8) is 0 Å². The molecule has 3 aromatic carbocycles. The molecule has 0 bridgehead atoms. The van der Waals surface area contributed by atoms with Crippen LogP contribution in [0.25, 0.3) is 16.6 Å². The molecule has 1 N–H and O–H groups in total. The number of carbonyl (C=O) groups is 2. The Bertz CT molecular complexity index is 1490. The van der Waals surface area contributed by atoms with E-state index in [2.05, 4.69) is 14.6 Å². The maximum atomic E-state index is 13.6. The lowest BCUT2D eigenvalue weighted by Crippen LogP contribution is -2.31. The molecule has 0 saturated heterocycles. The van der Waals surface area contributed by atoms with Gasteiger partial charge < -0.3 is 14.6 Å². The predicted molar refractivity (Wildman–Crippen MR) is 128 cm³/mol. The minimum atomic E-state index is -1.17. The van der Waals surface area contributed by atoms with Crippen LogP contribution in [0.15, 0.2) is 71.5 Å². The van der Waals surface area contributed by atoms with E-state index in [4.69, 9.17) is 4.74 Å². The summed E-state index contributed by atoms with van der Waals surface area (Å²) in [6.07, 6.45) is 0. The third-order valence-corrected chi connectivity index (χ3v) is 5.65. The number of ether oxygens (including phenoxy) is 1. The van der Waals surface area contributed by atoms with Crippen molar-refractivity contribution in [3.05, 3.63) is 105 Å². The van der Waals surface area contributed by atoms with Crippen LogP contribution in [0.2, 0.25) is 0 Å². The normalized spacial score (nSPS) is 10.8. The van der Waals surface area contributed by atoms with Gasteiger partial charge in [0.2, 0.25) is 0 Å². The van der Waals surface area contributed by atoms with E-state index in [0.717, 1.165) is 23.5 Å². The van der Waals surface area contributed by atoms with Crippen molar-refractivity contribution >= 4 is 37.3 Å². The molecule has 172 valence electrons. The van der Waals surface area contributed by atoms with Crippen molar-refractivity contribution < 1.29 is 23.1 Å². The Balaban J connectivity index is 1.90. The second-order valence-corrected chi connectivity index (χ2v) is 8.07. The minimum Gasteiger partial charge on any atom is -0.464 e. The zero-order valence-electron chi connectivity index (χ0n) is 18.0. The van der Waals surface area contributed by atoms with Gasteiger partial charge in [-0.15, -0.1) is 9.24 Å². The van der Waals surface area contributed by atoms with E-state index in [1.165, 1.54) is 7.11 Å². The Morgan fingerprint density at radius 2 is 1.74 bits per heavy atom. The zero-order valence-corrected chi connectivity index (χ0v) is 19.1. The third-order valence-electron chi connectivity index (χ3n) is 5.29. The first kappa shape index (κ1) is 23.3. The average Bonchev–Trinajstić information content (AvgIpc) is 2.84. The van der Waals surface area contributed by atoms with Gasteiger partial charge in [0.25, 0.3) is 5.91 Å². The molecule has 6 nitrogen and oxygen atoms in total. The molecule has 4 rings (SSSR count). The van der Waals surface area contributed by atoms with Crippen molar-refractivity contribution in [3.8, 4) is 5.69 Å². The van der Waals surface area contributed by atoms with Crippen LogP contribution in [0.4, 0.5) is 8.78 Å². The SMILES string of the molecule is COC(=O)c1c(CNC(=O)c2ccc(F)c(F)c2)c(=O)c2ccc(P)cc2n1-c1ccccc1. The number of nitrogens with zero attached hydrogens (tertiary/aromatic N) is 1. The Morgan fingerprint density at radius 1 is 1.00 bits per heavy atom. The molecule has 1 heterocycles. The van der Waals surface area contributed by atoms with Gasteiger partial charge in [0.1, 0.15) is 5.69 Å². The summed E-state index contributed by atoms with van der Waals surface area (Å²) in [5, 5.41) is 3.65. The first-order chi connectivity index (χ1) is 16.3. The summed E-state index contributed by atoms with van der Waals surface area (Å²) < 4.78 is 33.4. The van der Waals surface area contributed by atoms with E-state index in [0.29, 0.717) is 16.6 Å². The van der Waals surface area contributed by atoms with Crippen molar-refractivity contribution in [2.24, 2.45) is 0 Å². The van der Waals surface area contributed by atoms with E-state index in [1.54, 1.807) is 47.0 Å². The molecule has 9 heteroatoms. The molecule has 34 heavy (non-hydrogen) atoms.